The van der Waals surface area contributed by atoms with Gasteiger partial charge in [-0.2, -0.15) is 0 Å². The molecule has 2 aromatic rings. The molecule has 3 rings (SSSR count). The van der Waals surface area contributed by atoms with Crippen molar-refractivity contribution >= 4 is 17.5 Å². The Bertz CT molecular complexity index is 1270. The van der Waals surface area contributed by atoms with Gasteiger partial charge < -0.3 is 4.90 Å². The first kappa shape index (κ1) is 8.99. The fraction of sp³-hybridized carbons (Fsp3) is 0.429. The molecular weight excluding hydrogens is 370 g/mol. The van der Waals surface area contributed by atoms with Gasteiger partial charge in [-0.05, 0) is 68.6 Å². The van der Waals surface area contributed by atoms with Crippen molar-refractivity contribution in [3.05, 3.63) is 64.2 Å². The molecule has 2 heterocycles. The smallest absolute Gasteiger partial charge is 0.253 e. The Hall–Kier alpha value is -2.01. The number of benzene rings is 1. The molecule has 27 heavy (non-hydrogen) atoms. The molecule has 6 heteroatoms. The summed E-state index contributed by atoms with van der Waals surface area (Å²) in [5.41, 5.74) is -5.33. The average molecular weight is 406 g/mol. The van der Waals surface area contributed by atoms with Gasteiger partial charge >= 0.3 is 0 Å². The normalized spacial score (nSPS) is 32.0. The van der Waals surface area contributed by atoms with E-state index in [0.29, 0.717) is 12.1 Å². The molecule has 0 N–H and O–H groups in total. The molecule has 0 atom stereocenters. The monoisotopic (exact) mass is 405 g/mol. The molecule has 1 fully saturated rings. The van der Waals surface area contributed by atoms with Crippen molar-refractivity contribution < 1.29 is 31.4 Å². The lowest BCUT2D eigenvalue weighted by Gasteiger charge is -2.36. The number of carbonyl (C=O) groups excluding carboxylic acids is 1. The number of pyridine rings is 1. The van der Waals surface area contributed by atoms with E-state index in [2.05, 4.69) is 4.98 Å². The fourth-order valence-corrected chi connectivity index (χ4v) is 2.39. The molecular formula is C21H23ClF2N2O. The predicted molar refractivity (Wildman–Crippen MR) is 102 cm³/mol. The summed E-state index contributed by atoms with van der Waals surface area (Å²) in [5.74, 6) is -2.68. The van der Waals surface area contributed by atoms with Crippen molar-refractivity contribution in [2.45, 2.75) is 44.5 Å². The van der Waals surface area contributed by atoms with Crippen molar-refractivity contribution in [2.75, 3.05) is 13.0 Å². The Morgan fingerprint density at radius 3 is 2.81 bits per heavy atom. The third kappa shape index (κ3) is 5.04. The van der Waals surface area contributed by atoms with E-state index in [1.807, 2.05) is 0 Å². The Morgan fingerprint density at radius 1 is 1.41 bits per heavy atom. The van der Waals surface area contributed by atoms with Gasteiger partial charge in [0.25, 0.3) is 5.91 Å². The van der Waals surface area contributed by atoms with E-state index in [4.69, 9.17) is 29.4 Å². The molecule has 0 radical (unpaired) electrons. The van der Waals surface area contributed by atoms with Crippen LogP contribution in [0.25, 0.3) is 0 Å². The lowest BCUT2D eigenvalue weighted by Crippen LogP contribution is -2.44. The summed E-state index contributed by atoms with van der Waals surface area (Å²) in [6.45, 7) is -10.5. The van der Waals surface area contributed by atoms with E-state index in [-0.39, 0.29) is 11.3 Å². The van der Waals surface area contributed by atoms with Crippen LogP contribution in [0.4, 0.5) is 8.78 Å². The molecule has 144 valence electrons. The molecule has 0 saturated carbocycles. The number of nitrogens with zero attached hydrogens (tertiary/aromatic N) is 2. The van der Waals surface area contributed by atoms with Gasteiger partial charge in [0, 0.05) is 48.3 Å². The number of hydrogen-bond acceptors (Lipinski definition) is 2. The minimum Gasteiger partial charge on any atom is -0.338 e. The summed E-state index contributed by atoms with van der Waals surface area (Å²) >= 11 is 5.65. The summed E-state index contributed by atoms with van der Waals surface area (Å²) in [4.78, 5) is 16.6. The average Bonchev–Trinajstić information content (AvgIpc) is 2.82. The first-order valence-electron chi connectivity index (χ1n) is 14.3. The molecule has 1 aliphatic heterocycles. The second kappa shape index (κ2) is 8.34. The Labute approximate surface area is 181 Å². The molecule has 1 aromatic heterocycles. The zero-order valence-corrected chi connectivity index (χ0v) is 14.6. The minimum atomic E-state index is -4.55. The number of rotatable bonds is 5. The number of halogens is 3. The third-order valence-electron chi connectivity index (χ3n) is 3.62. The highest BCUT2D eigenvalue weighted by Gasteiger charge is 2.35. The van der Waals surface area contributed by atoms with Crippen molar-refractivity contribution in [3.63, 3.8) is 0 Å². The van der Waals surface area contributed by atoms with Crippen LogP contribution in [-0.4, -0.2) is 34.5 Å². The zero-order valence-electron chi connectivity index (χ0n) is 26.8. The highest BCUT2D eigenvalue weighted by atomic mass is 35.5. The van der Waals surface area contributed by atoms with E-state index in [1.54, 1.807) is 0 Å². The van der Waals surface area contributed by atoms with E-state index < -0.39 is 84.7 Å². The van der Waals surface area contributed by atoms with Gasteiger partial charge in [0.15, 0.2) is 0 Å². The lowest BCUT2D eigenvalue weighted by atomic mass is 9.87. The SMILES string of the molecule is [2H]C([2H])([2H])c1ccc(CCC([2H])([2H])C2(F)C([2H])([2H])C([2H])([2H])N(C(=O)c3ccc(F)c(Cl)c3)C([2H])([2H])C2([2H])[2H])nc1. The van der Waals surface area contributed by atoms with E-state index in [0.717, 1.165) is 18.3 Å². The molecule has 1 amide bonds. The maximum atomic E-state index is 16.9. The molecule has 0 spiro atoms. The molecule has 1 saturated heterocycles. The van der Waals surface area contributed by atoms with Crippen molar-refractivity contribution in [3.8, 4) is 0 Å². The number of carbonyl (C=O) groups is 1. The largest absolute Gasteiger partial charge is 0.338 e. The van der Waals surface area contributed by atoms with Crippen LogP contribution >= 0.6 is 11.6 Å². The van der Waals surface area contributed by atoms with Crippen LogP contribution in [0, 0.1) is 12.7 Å². The minimum absolute atomic E-state index is 0.0217. The van der Waals surface area contributed by atoms with Crippen LogP contribution < -0.4 is 0 Å². The standard InChI is InChI=1S/C21H23ClF2N2O/c1-15-4-6-17(25-14-15)3-2-8-21(24)9-11-26(12-10-21)20(27)16-5-7-19(23)18(22)13-16/h4-7,13-14H,2-3,8-12H2,1H3/i1D3,8D2,9D2,10D2,11D2,12D2. The van der Waals surface area contributed by atoms with Gasteiger partial charge in [0.2, 0.25) is 0 Å². The van der Waals surface area contributed by atoms with E-state index in [9.17, 15) is 9.18 Å². The number of likely N-dealkylation sites (tertiary alicyclic amines) is 1. The number of piperidine rings is 1. The van der Waals surface area contributed by atoms with E-state index >= 15 is 4.39 Å². The van der Waals surface area contributed by atoms with Crippen molar-refractivity contribution in [1.82, 2.24) is 9.88 Å². The molecule has 0 aliphatic carbocycles. The van der Waals surface area contributed by atoms with Crippen LogP contribution in [0.5, 0.6) is 0 Å². The first-order chi connectivity index (χ1) is 17.9. The van der Waals surface area contributed by atoms with Gasteiger partial charge in [0.05, 0.1) is 5.02 Å². The summed E-state index contributed by atoms with van der Waals surface area (Å²) in [5, 5.41) is -0.633. The van der Waals surface area contributed by atoms with Gasteiger partial charge in [0.1, 0.15) is 11.5 Å². The predicted octanol–water partition coefficient (Wildman–Crippen LogP) is 5.15. The Balaban J connectivity index is 2.08. The van der Waals surface area contributed by atoms with Crippen molar-refractivity contribution in [2.24, 2.45) is 0 Å². The fourth-order valence-electron chi connectivity index (χ4n) is 2.21. The quantitative estimate of drug-likeness (QED) is 0.689. The number of amides is 1. The lowest BCUT2D eigenvalue weighted by molar-refractivity contribution is 0.0389. The van der Waals surface area contributed by atoms with Gasteiger partial charge in [-0.1, -0.05) is 17.7 Å². The molecule has 3 nitrogen and oxygen atoms in total. The maximum absolute atomic E-state index is 16.9. The first-order valence-corrected chi connectivity index (χ1v) is 8.20. The van der Waals surface area contributed by atoms with Crippen LogP contribution in [0.3, 0.4) is 0 Å². The van der Waals surface area contributed by atoms with Gasteiger partial charge in [-0.25, -0.2) is 8.78 Å². The number of aryl methyl sites for hydroxylation is 2. The molecule has 0 unspecified atom stereocenters. The Morgan fingerprint density at radius 2 is 2.19 bits per heavy atom. The molecule has 0 bridgehead atoms. The third-order valence-corrected chi connectivity index (χ3v) is 3.91. The van der Waals surface area contributed by atoms with Crippen molar-refractivity contribution in [1.29, 1.82) is 0 Å². The Kier molecular flexibility index (Phi) is 2.78. The van der Waals surface area contributed by atoms with Crippen LogP contribution in [0.2, 0.25) is 5.02 Å². The second-order valence-corrected chi connectivity index (χ2v) is 6.02. The number of hydrogen-bond donors (Lipinski definition) is 0. The van der Waals surface area contributed by atoms with Crippen LogP contribution in [0.15, 0.2) is 36.5 Å². The summed E-state index contributed by atoms with van der Waals surface area (Å²) in [6.07, 6.45) is -12.6. The number of aromatic nitrogens is 1. The van der Waals surface area contributed by atoms with Gasteiger partial charge in [-0.3, -0.25) is 9.78 Å². The summed E-state index contributed by atoms with van der Waals surface area (Å²) in [6, 6.07) is 4.49. The van der Waals surface area contributed by atoms with Gasteiger partial charge in [-0.15, -0.1) is 0 Å². The highest BCUT2D eigenvalue weighted by Crippen LogP contribution is 2.32. The van der Waals surface area contributed by atoms with E-state index in [1.165, 1.54) is 6.07 Å². The van der Waals surface area contributed by atoms with Crippen LogP contribution in [-0.2, 0) is 6.42 Å². The van der Waals surface area contributed by atoms with Crippen LogP contribution in [0.1, 0.15) is 65.0 Å². The maximum Gasteiger partial charge on any atom is 0.253 e. The number of alkyl halides is 1. The highest BCUT2D eigenvalue weighted by molar-refractivity contribution is 6.31. The second-order valence-electron chi connectivity index (χ2n) is 5.62. The summed E-state index contributed by atoms with van der Waals surface area (Å²) < 4.78 is 136. The summed E-state index contributed by atoms with van der Waals surface area (Å²) in [7, 11) is 0. The molecule has 1 aromatic carbocycles. The molecule has 1 aliphatic rings. The zero-order chi connectivity index (χ0) is 30.9. The topological polar surface area (TPSA) is 33.2 Å².